The van der Waals surface area contributed by atoms with Crippen LogP contribution in [0, 0.1) is 11.3 Å². The first-order valence-corrected chi connectivity index (χ1v) is 5.40. The van der Waals surface area contributed by atoms with Crippen molar-refractivity contribution in [2.75, 3.05) is 5.32 Å². The minimum absolute atomic E-state index is 0.560. The zero-order chi connectivity index (χ0) is 11.4. The number of hydrogen-bond acceptors (Lipinski definition) is 4. The molecule has 0 radical (unpaired) electrons. The smallest absolute Gasteiger partial charge is 0.180 e. The molecule has 2 rings (SSSR count). The summed E-state index contributed by atoms with van der Waals surface area (Å²) in [5.41, 5.74) is 1.53. The van der Waals surface area contributed by atoms with E-state index in [1.165, 1.54) is 6.39 Å². The number of hydrogen-bond donors (Lipinski definition) is 1. The van der Waals surface area contributed by atoms with E-state index in [2.05, 4.69) is 32.3 Å². The highest BCUT2D eigenvalue weighted by molar-refractivity contribution is 9.10. The van der Waals surface area contributed by atoms with E-state index in [1.807, 2.05) is 6.07 Å². The molecule has 0 bridgehead atoms. The Kier molecular flexibility index (Phi) is 3.22. The van der Waals surface area contributed by atoms with Gasteiger partial charge in [0.1, 0.15) is 5.76 Å². The van der Waals surface area contributed by atoms with Crippen molar-refractivity contribution in [1.82, 2.24) is 4.98 Å². The van der Waals surface area contributed by atoms with Crippen LogP contribution in [0.5, 0.6) is 0 Å². The van der Waals surface area contributed by atoms with Crippen molar-refractivity contribution in [3.8, 4) is 6.07 Å². The molecule has 16 heavy (non-hydrogen) atoms. The van der Waals surface area contributed by atoms with Gasteiger partial charge in [0.15, 0.2) is 6.39 Å². The molecule has 0 aliphatic rings. The SMILES string of the molecule is N#Cc1ccc(NCc2cnco2)c(Br)c1. The van der Waals surface area contributed by atoms with Gasteiger partial charge in [-0.1, -0.05) is 0 Å². The molecule has 1 aromatic carbocycles. The molecule has 0 saturated heterocycles. The van der Waals surface area contributed by atoms with E-state index in [1.54, 1.807) is 18.3 Å². The van der Waals surface area contributed by atoms with Crippen LogP contribution in [0.25, 0.3) is 0 Å². The predicted molar refractivity (Wildman–Crippen MR) is 62.7 cm³/mol. The van der Waals surface area contributed by atoms with Crippen LogP contribution >= 0.6 is 15.9 Å². The maximum Gasteiger partial charge on any atom is 0.180 e. The van der Waals surface area contributed by atoms with Crippen LogP contribution < -0.4 is 5.32 Å². The van der Waals surface area contributed by atoms with Gasteiger partial charge in [0.2, 0.25) is 0 Å². The Bertz CT molecular complexity index is 517. The average molecular weight is 278 g/mol. The van der Waals surface area contributed by atoms with Gasteiger partial charge in [0.05, 0.1) is 24.4 Å². The summed E-state index contributed by atoms with van der Waals surface area (Å²) < 4.78 is 5.95. The highest BCUT2D eigenvalue weighted by Gasteiger charge is 2.02. The molecule has 2 aromatic rings. The van der Waals surface area contributed by atoms with Crippen LogP contribution in [0.2, 0.25) is 0 Å². The predicted octanol–water partition coefficient (Wildman–Crippen LogP) is 2.92. The number of nitriles is 1. The van der Waals surface area contributed by atoms with Gasteiger partial charge in [-0.15, -0.1) is 0 Å². The second kappa shape index (κ2) is 4.81. The maximum atomic E-state index is 8.72. The van der Waals surface area contributed by atoms with E-state index in [9.17, 15) is 0 Å². The van der Waals surface area contributed by atoms with Crippen molar-refractivity contribution >= 4 is 21.6 Å². The summed E-state index contributed by atoms with van der Waals surface area (Å²) >= 11 is 3.39. The van der Waals surface area contributed by atoms with Crippen LogP contribution in [-0.4, -0.2) is 4.98 Å². The van der Waals surface area contributed by atoms with Gasteiger partial charge in [-0.05, 0) is 34.1 Å². The van der Waals surface area contributed by atoms with Gasteiger partial charge in [-0.25, -0.2) is 4.98 Å². The van der Waals surface area contributed by atoms with Crippen molar-refractivity contribution < 1.29 is 4.42 Å². The highest BCUT2D eigenvalue weighted by Crippen LogP contribution is 2.23. The third-order valence-corrected chi connectivity index (χ3v) is 2.69. The largest absolute Gasteiger partial charge is 0.447 e. The van der Waals surface area contributed by atoms with E-state index in [4.69, 9.17) is 9.68 Å². The molecular formula is C11H8BrN3O. The number of benzene rings is 1. The Labute approximate surface area is 101 Å². The molecule has 0 aliphatic carbocycles. The van der Waals surface area contributed by atoms with Crippen LogP contribution in [0.4, 0.5) is 5.69 Å². The molecule has 4 nitrogen and oxygen atoms in total. The summed E-state index contributed by atoms with van der Waals surface area (Å²) in [5, 5.41) is 11.9. The number of anilines is 1. The summed E-state index contributed by atoms with van der Waals surface area (Å²) in [7, 11) is 0. The molecule has 0 amide bonds. The quantitative estimate of drug-likeness (QED) is 0.937. The summed E-state index contributed by atoms with van der Waals surface area (Å²) in [6.07, 6.45) is 3.05. The molecule has 1 heterocycles. The third-order valence-electron chi connectivity index (χ3n) is 2.03. The number of halogens is 1. The fourth-order valence-electron chi connectivity index (χ4n) is 1.24. The first-order valence-electron chi connectivity index (χ1n) is 4.60. The van der Waals surface area contributed by atoms with Gasteiger partial charge >= 0.3 is 0 Å². The Morgan fingerprint density at radius 3 is 3.00 bits per heavy atom. The Morgan fingerprint density at radius 1 is 1.50 bits per heavy atom. The van der Waals surface area contributed by atoms with Crippen molar-refractivity contribution in [3.63, 3.8) is 0 Å². The molecule has 0 aliphatic heterocycles. The van der Waals surface area contributed by atoms with Crippen molar-refractivity contribution in [1.29, 1.82) is 5.26 Å². The van der Waals surface area contributed by atoms with Gasteiger partial charge in [0.25, 0.3) is 0 Å². The summed E-state index contributed by atoms with van der Waals surface area (Å²) in [4.78, 5) is 3.82. The van der Waals surface area contributed by atoms with Crippen LogP contribution in [0.15, 0.2) is 39.7 Å². The second-order valence-electron chi connectivity index (χ2n) is 3.13. The van der Waals surface area contributed by atoms with Crippen molar-refractivity contribution in [2.24, 2.45) is 0 Å². The number of nitrogens with one attached hydrogen (secondary N) is 1. The molecule has 5 heteroatoms. The first-order chi connectivity index (χ1) is 7.79. The second-order valence-corrected chi connectivity index (χ2v) is 3.98. The minimum Gasteiger partial charge on any atom is -0.447 e. The van der Waals surface area contributed by atoms with Crippen LogP contribution in [-0.2, 0) is 6.54 Å². The van der Waals surface area contributed by atoms with E-state index in [0.29, 0.717) is 12.1 Å². The molecule has 0 saturated carbocycles. The lowest BCUT2D eigenvalue weighted by molar-refractivity contribution is 0.511. The number of aromatic nitrogens is 1. The number of oxazole rings is 1. The normalized spacial score (nSPS) is 9.75. The third kappa shape index (κ3) is 2.41. The highest BCUT2D eigenvalue weighted by atomic mass is 79.9. The lowest BCUT2D eigenvalue weighted by Crippen LogP contribution is -1.98. The van der Waals surface area contributed by atoms with Crippen molar-refractivity contribution in [3.05, 3.63) is 46.6 Å². The van der Waals surface area contributed by atoms with Crippen molar-refractivity contribution in [2.45, 2.75) is 6.54 Å². The zero-order valence-electron chi connectivity index (χ0n) is 8.27. The molecule has 1 N–H and O–H groups in total. The topological polar surface area (TPSA) is 61.9 Å². The van der Waals surface area contributed by atoms with E-state index < -0.39 is 0 Å². The lowest BCUT2D eigenvalue weighted by Gasteiger charge is -2.06. The Hall–Kier alpha value is -1.80. The molecular weight excluding hydrogens is 270 g/mol. The van der Waals surface area contributed by atoms with E-state index in [-0.39, 0.29) is 0 Å². The van der Waals surface area contributed by atoms with Gasteiger partial charge < -0.3 is 9.73 Å². The fraction of sp³-hybridized carbons (Fsp3) is 0.0909. The van der Waals surface area contributed by atoms with Gasteiger partial charge in [-0.3, -0.25) is 0 Å². The van der Waals surface area contributed by atoms with Gasteiger partial charge in [-0.2, -0.15) is 5.26 Å². The fourth-order valence-corrected chi connectivity index (χ4v) is 1.76. The number of rotatable bonds is 3. The molecule has 0 fully saturated rings. The molecule has 1 aromatic heterocycles. The maximum absolute atomic E-state index is 8.72. The molecule has 0 unspecified atom stereocenters. The number of nitrogens with zero attached hydrogens (tertiary/aromatic N) is 2. The lowest BCUT2D eigenvalue weighted by atomic mass is 10.2. The summed E-state index contributed by atoms with van der Waals surface area (Å²) in [6.45, 7) is 0.560. The minimum atomic E-state index is 0.560. The molecule has 0 spiro atoms. The molecule has 80 valence electrons. The standard InChI is InChI=1S/C11H8BrN3O/c12-10-3-8(4-13)1-2-11(10)15-6-9-5-14-7-16-9/h1-3,5,7,15H,6H2. The zero-order valence-corrected chi connectivity index (χ0v) is 9.86. The Balaban J connectivity index is 2.08. The average Bonchev–Trinajstić information content (AvgIpc) is 2.80. The first kappa shape index (κ1) is 10.7. The summed E-state index contributed by atoms with van der Waals surface area (Å²) in [6, 6.07) is 7.45. The molecule has 0 atom stereocenters. The monoisotopic (exact) mass is 277 g/mol. The van der Waals surface area contributed by atoms with Crippen LogP contribution in [0.3, 0.4) is 0 Å². The van der Waals surface area contributed by atoms with E-state index >= 15 is 0 Å². The van der Waals surface area contributed by atoms with Crippen LogP contribution in [0.1, 0.15) is 11.3 Å². The Morgan fingerprint density at radius 2 is 2.38 bits per heavy atom. The van der Waals surface area contributed by atoms with Gasteiger partial charge in [0, 0.05) is 10.2 Å². The van der Waals surface area contributed by atoms with E-state index in [0.717, 1.165) is 15.9 Å². The summed E-state index contributed by atoms with van der Waals surface area (Å²) in [5.74, 6) is 0.760.